The molecule has 20 heavy (non-hydrogen) atoms. The number of fused-ring (bicyclic) bond motifs is 1. The summed E-state index contributed by atoms with van der Waals surface area (Å²) < 4.78 is 27.1. The Bertz CT molecular complexity index is 716. The van der Waals surface area contributed by atoms with Gasteiger partial charge in [0.1, 0.15) is 17.0 Å². The predicted octanol–water partition coefficient (Wildman–Crippen LogP) is 4.20. The zero-order valence-corrected chi connectivity index (χ0v) is 11.9. The Labute approximate surface area is 119 Å². The second-order valence-electron chi connectivity index (χ2n) is 4.05. The van der Waals surface area contributed by atoms with E-state index in [2.05, 4.69) is 21.8 Å². The van der Waals surface area contributed by atoms with Crippen molar-refractivity contribution in [3.05, 3.63) is 53.2 Å². The van der Waals surface area contributed by atoms with Gasteiger partial charge in [0.15, 0.2) is 5.83 Å². The molecule has 0 spiro atoms. The number of aromatic nitrogens is 2. The summed E-state index contributed by atoms with van der Waals surface area (Å²) in [5.74, 6) is -0.880. The number of H-pyrrole nitrogens is 1. The van der Waals surface area contributed by atoms with Crippen molar-refractivity contribution in [1.29, 1.82) is 0 Å². The standard InChI is InChI=1S/C14H13F2N3S/c1-8(17-7-12(16)9(2)20-3)13-10-5-4-6-11(15)14(10)19-18-13/h4-7H,2H2,1,3H3,(H,18,19)/b12-7+,17-8+. The fraction of sp³-hybridized carbons (Fsp3) is 0.143. The van der Waals surface area contributed by atoms with E-state index in [9.17, 15) is 8.78 Å². The molecule has 0 radical (unpaired) electrons. The van der Waals surface area contributed by atoms with E-state index >= 15 is 0 Å². The van der Waals surface area contributed by atoms with Crippen LogP contribution in [0.3, 0.4) is 0 Å². The van der Waals surface area contributed by atoms with E-state index in [0.717, 1.165) is 6.20 Å². The largest absolute Gasteiger partial charge is 0.274 e. The van der Waals surface area contributed by atoms with E-state index in [0.29, 0.717) is 27.2 Å². The minimum Gasteiger partial charge on any atom is -0.274 e. The van der Waals surface area contributed by atoms with Crippen LogP contribution in [0.15, 0.2) is 46.7 Å². The van der Waals surface area contributed by atoms with Crippen molar-refractivity contribution in [3.8, 4) is 0 Å². The van der Waals surface area contributed by atoms with Gasteiger partial charge in [-0.1, -0.05) is 18.7 Å². The molecule has 0 fully saturated rings. The number of aliphatic imine (C=N–C) groups is 1. The number of benzene rings is 1. The molecule has 1 aromatic heterocycles. The third-order valence-electron chi connectivity index (χ3n) is 2.78. The Hall–Kier alpha value is -1.95. The van der Waals surface area contributed by atoms with Crippen molar-refractivity contribution < 1.29 is 8.78 Å². The number of para-hydroxylation sites is 1. The minimum absolute atomic E-state index is 0.305. The molecule has 6 heteroatoms. The van der Waals surface area contributed by atoms with Gasteiger partial charge in [0.25, 0.3) is 0 Å². The zero-order chi connectivity index (χ0) is 14.7. The lowest BCUT2D eigenvalue weighted by atomic mass is 10.1. The third kappa shape index (κ3) is 2.80. The molecule has 0 unspecified atom stereocenters. The molecule has 2 rings (SSSR count). The van der Waals surface area contributed by atoms with Gasteiger partial charge in [0, 0.05) is 10.3 Å². The summed E-state index contributed by atoms with van der Waals surface area (Å²) in [6.45, 7) is 5.24. The number of hydrogen-bond donors (Lipinski definition) is 1. The molecule has 104 valence electrons. The van der Waals surface area contributed by atoms with Gasteiger partial charge in [-0.3, -0.25) is 10.1 Å². The minimum atomic E-state index is -0.497. The molecule has 0 saturated heterocycles. The molecule has 0 amide bonds. The predicted molar refractivity (Wildman–Crippen MR) is 80.1 cm³/mol. The van der Waals surface area contributed by atoms with Gasteiger partial charge in [-0.05, 0) is 19.2 Å². The Balaban J connectivity index is 2.39. The highest BCUT2D eigenvalue weighted by atomic mass is 32.2. The van der Waals surface area contributed by atoms with Crippen LogP contribution in [-0.2, 0) is 0 Å². The summed E-state index contributed by atoms with van der Waals surface area (Å²) in [6.07, 6.45) is 2.82. The smallest absolute Gasteiger partial charge is 0.154 e. The first-order chi connectivity index (χ1) is 9.54. The average molecular weight is 293 g/mol. The maximum Gasteiger partial charge on any atom is 0.154 e. The number of thioether (sulfide) groups is 1. The Morgan fingerprint density at radius 2 is 2.25 bits per heavy atom. The van der Waals surface area contributed by atoms with Gasteiger partial charge < -0.3 is 0 Å². The van der Waals surface area contributed by atoms with E-state index in [1.807, 2.05) is 0 Å². The zero-order valence-electron chi connectivity index (χ0n) is 11.1. The summed E-state index contributed by atoms with van der Waals surface area (Å²) in [6, 6.07) is 4.67. The fourth-order valence-electron chi connectivity index (χ4n) is 1.67. The van der Waals surface area contributed by atoms with Crippen LogP contribution in [0.25, 0.3) is 10.9 Å². The monoisotopic (exact) mass is 293 g/mol. The van der Waals surface area contributed by atoms with Crippen molar-refractivity contribution in [2.75, 3.05) is 6.26 Å². The number of halogens is 2. The number of hydrogen-bond acceptors (Lipinski definition) is 3. The Morgan fingerprint density at radius 3 is 2.95 bits per heavy atom. The maximum atomic E-state index is 13.5. The summed E-state index contributed by atoms with van der Waals surface area (Å²) in [7, 11) is 0. The van der Waals surface area contributed by atoms with Crippen molar-refractivity contribution in [2.45, 2.75) is 6.92 Å². The average Bonchev–Trinajstić information content (AvgIpc) is 2.89. The molecule has 0 saturated carbocycles. The van der Waals surface area contributed by atoms with Gasteiger partial charge in [0.05, 0.1) is 11.9 Å². The molecule has 2 aromatic rings. The van der Waals surface area contributed by atoms with E-state index in [-0.39, 0.29) is 5.82 Å². The Morgan fingerprint density at radius 1 is 1.50 bits per heavy atom. The van der Waals surface area contributed by atoms with Crippen LogP contribution in [0.2, 0.25) is 0 Å². The van der Waals surface area contributed by atoms with Crippen LogP contribution in [-0.4, -0.2) is 22.2 Å². The number of rotatable bonds is 4. The fourth-order valence-corrected chi connectivity index (χ4v) is 1.91. The van der Waals surface area contributed by atoms with Crippen LogP contribution < -0.4 is 0 Å². The second-order valence-corrected chi connectivity index (χ2v) is 4.95. The topological polar surface area (TPSA) is 41.0 Å². The van der Waals surface area contributed by atoms with Crippen LogP contribution >= 0.6 is 11.8 Å². The van der Waals surface area contributed by atoms with Gasteiger partial charge in [-0.25, -0.2) is 8.78 Å². The van der Waals surface area contributed by atoms with Crippen LogP contribution in [0.1, 0.15) is 12.6 Å². The van der Waals surface area contributed by atoms with Gasteiger partial charge in [0.2, 0.25) is 0 Å². The molecular weight excluding hydrogens is 280 g/mol. The molecule has 3 nitrogen and oxygen atoms in total. The van der Waals surface area contributed by atoms with Crippen molar-refractivity contribution >= 4 is 28.4 Å². The summed E-state index contributed by atoms with van der Waals surface area (Å²) >= 11 is 1.21. The molecular formula is C14H13F2N3S. The van der Waals surface area contributed by atoms with Crippen molar-refractivity contribution in [1.82, 2.24) is 10.2 Å². The highest BCUT2D eigenvalue weighted by molar-refractivity contribution is 8.02. The quantitative estimate of drug-likeness (QED) is 0.678. The lowest BCUT2D eigenvalue weighted by molar-refractivity contribution is 0.636. The van der Waals surface area contributed by atoms with Gasteiger partial charge in [-0.2, -0.15) is 5.10 Å². The highest BCUT2D eigenvalue weighted by Crippen LogP contribution is 2.21. The van der Waals surface area contributed by atoms with E-state index in [1.54, 1.807) is 25.3 Å². The number of nitrogens with one attached hydrogen (secondary N) is 1. The Kier molecular flexibility index (Phi) is 4.34. The second kappa shape index (κ2) is 6.00. The lowest BCUT2D eigenvalue weighted by Crippen LogP contribution is -1.95. The van der Waals surface area contributed by atoms with Crippen LogP contribution in [0.4, 0.5) is 8.78 Å². The first-order valence-corrected chi connectivity index (χ1v) is 7.03. The molecule has 0 aliphatic carbocycles. The van der Waals surface area contributed by atoms with Crippen molar-refractivity contribution in [2.24, 2.45) is 4.99 Å². The van der Waals surface area contributed by atoms with Crippen LogP contribution in [0, 0.1) is 5.82 Å². The lowest BCUT2D eigenvalue weighted by Gasteiger charge is -1.97. The first kappa shape index (κ1) is 14.5. The first-order valence-electron chi connectivity index (χ1n) is 5.81. The molecule has 1 N–H and O–H groups in total. The maximum absolute atomic E-state index is 13.5. The van der Waals surface area contributed by atoms with Gasteiger partial charge >= 0.3 is 0 Å². The van der Waals surface area contributed by atoms with Gasteiger partial charge in [-0.15, -0.1) is 11.8 Å². The molecule has 1 aromatic carbocycles. The normalized spacial score (nSPS) is 13.0. The summed E-state index contributed by atoms with van der Waals surface area (Å²) in [5.41, 5.74) is 1.30. The van der Waals surface area contributed by atoms with E-state index in [4.69, 9.17) is 0 Å². The highest BCUT2D eigenvalue weighted by Gasteiger charge is 2.11. The number of allylic oxidation sites excluding steroid dienone is 1. The van der Waals surface area contributed by atoms with E-state index in [1.165, 1.54) is 17.8 Å². The molecule has 0 bridgehead atoms. The SMILES string of the molecule is C=C(SC)/C(F)=C\N=C(/C)c1n[nH]c2c(F)cccc12. The summed E-state index contributed by atoms with van der Waals surface area (Å²) in [4.78, 5) is 4.32. The molecule has 1 heterocycles. The third-order valence-corrected chi connectivity index (χ3v) is 3.46. The number of nitrogens with zero attached hydrogens (tertiary/aromatic N) is 2. The molecule has 0 atom stereocenters. The molecule has 0 aliphatic heterocycles. The van der Waals surface area contributed by atoms with E-state index < -0.39 is 5.83 Å². The molecule has 0 aliphatic rings. The number of aromatic amines is 1. The summed E-state index contributed by atoms with van der Waals surface area (Å²) in [5, 5.41) is 7.26. The van der Waals surface area contributed by atoms with Crippen molar-refractivity contribution in [3.63, 3.8) is 0 Å². The van der Waals surface area contributed by atoms with Crippen LogP contribution in [0.5, 0.6) is 0 Å².